The first-order valence-corrected chi connectivity index (χ1v) is 24.6. The van der Waals surface area contributed by atoms with Gasteiger partial charge in [0, 0.05) is 17.1 Å². The summed E-state index contributed by atoms with van der Waals surface area (Å²) < 4.78 is 28.9. The molecule has 9 aromatic rings. The molecule has 6 aromatic carbocycles. The fourth-order valence-electron chi connectivity index (χ4n) is 9.30. The quantitative estimate of drug-likeness (QED) is 0.153. The van der Waals surface area contributed by atoms with Crippen molar-refractivity contribution in [3.05, 3.63) is 209 Å². The van der Waals surface area contributed by atoms with Gasteiger partial charge in [-0.2, -0.15) is 0 Å². The molecule has 6 heterocycles. The van der Waals surface area contributed by atoms with Crippen molar-refractivity contribution in [1.82, 2.24) is 29.3 Å². The molecule has 0 saturated carbocycles. The van der Waals surface area contributed by atoms with Crippen molar-refractivity contribution in [1.29, 1.82) is 0 Å². The largest absolute Gasteiger partial charge is 0.497 e. The molecule has 0 atom stereocenters. The number of benzene rings is 6. The van der Waals surface area contributed by atoms with Crippen LogP contribution >= 0.6 is 0 Å². The van der Waals surface area contributed by atoms with Crippen molar-refractivity contribution in [2.75, 3.05) is 61.3 Å². The van der Waals surface area contributed by atoms with E-state index in [0.29, 0.717) is 19.8 Å². The third-order valence-electron chi connectivity index (χ3n) is 13.4. The monoisotopic (exact) mass is 959 g/mol. The van der Waals surface area contributed by atoms with Gasteiger partial charge < -0.3 is 33.6 Å². The van der Waals surface area contributed by atoms with Gasteiger partial charge in [-0.05, 0) is 113 Å². The topological polar surface area (TPSA) is 100 Å². The summed E-state index contributed by atoms with van der Waals surface area (Å²) in [6.45, 7) is 15.3. The highest BCUT2D eigenvalue weighted by atomic mass is 16.5. The molecule has 13 nitrogen and oxygen atoms in total. The Morgan fingerprint density at radius 2 is 0.653 bits per heavy atom. The normalized spacial score (nSPS) is 13.9. The van der Waals surface area contributed by atoms with E-state index in [2.05, 4.69) is 150 Å². The zero-order valence-electron chi connectivity index (χ0n) is 41.7. The average molecular weight is 960 g/mol. The number of methoxy groups -OCH3 is 1. The van der Waals surface area contributed by atoms with Crippen LogP contribution in [0.5, 0.6) is 23.4 Å². The molecular weight excluding hydrogens is 899 g/mol. The first-order chi connectivity index (χ1) is 35.3. The van der Waals surface area contributed by atoms with Gasteiger partial charge in [-0.1, -0.05) is 90.5 Å². The maximum absolute atomic E-state index is 5.93. The van der Waals surface area contributed by atoms with E-state index in [1.54, 1.807) is 7.11 Å². The van der Waals surface area contributed by atoms with Gasteiger partial charge >= 0.3 is 0 Å². The van der Waals surface area contributed by atoms with Gasteiger partial charge in [-0.3, -0.25) is 0 Å². The summed E-state index contributed by atoms with van der Waals surface area (Å²) >= 11 is 0. The molecule has 0 radical (unpaired) electrons. The number of anilines is 3. The number of aromatic nitrogens is 6. The number of aryl methyl sites for hydroxylation is 1. The fourth-order valence-corrected chi connectivity index (χ4v) is 9.30. The molecule has 0 N–H and O–H groups in total. The molecule has 13 heteroatoms. The van der Waals surface area contributed by atoms with Gasteiger partial charge in [-0.25, -0.2) is 14.0 Å². The zero-order chi connectivity index (χ0) is 49.4. The van der Waals surface area contributed by atoms with E-state index >= 15 is 0 Å². The van der Waals surface area contributed by atoms with Gasteiger partial charge in [0.15, 0.2) is 0 Å². The van der Waals surface area contributed by atoms with Gasteiger partial charge in [0.05, 0.1) is 97.2 Å². The molecule has 0 saturated heterocycles. The van der Waals surface area contributed by atoms with E-state index in [1.807, 2.05) is 86.8 Å². The van der Waals surface area contributed by atoms with Crippen LogP contribution in [-0.4, -0.2) is 75.9 Å². The van der Waals surface area contributed by atoms with Crippen LogP contribution in [0.15, 0.2) is 170 Å². The van der Waals surface area contributed by atoms with Crippen molar-refractivity contribution < 1.29 is 18.9 Å². The summed E-state index contributed by atoms with van der Waals surface area (Å²) in [6, 6.07) is 57.8. The highest BCUT2D eigenvalue weighted by Gasteiger charge is 2.26. The molecule has 3 aliphatic rings. The lowest BCUT2D eigenvalue weighted by Gasteiger charge is -2.22. The summed E-state index contributed by atoms with van der Waals surface area (Å²) in [4.78, 5) is 7.01. The van der Waals surface area contributed by atoms with Crippen molar-refractivity contribution >= 4 is 17.1 Å². The number of hydrogen-bond donors (Lipinski definition) is 0. The minimum atomic E-state index is 0.615. The maximum atomic E-state index is 5.93. The third-order valence-corrected chi connectivity index (χ3v) is 13.4. The highest BCUT2D eigenvalue weighted by molar-refractivity contribution is 5.54. The first-order valence-electron chi connectivity index (χ1n) is 24.6. The van der Waals surface area contributed by atoms with Crippen LogP contribution in [0, 0.1) is 27.7 Å². The second-order valence-corrected chi connectivity index (χ2v) is 18.0. The number of para-hydroxylation sites is 4. The SMILES string of the molecule is COc1ccc(N2CCOc3nn(-c4ccccc4)c(C)c3C2)cc1.Cc1c2c(nn1-c1ccccc1)OCCN(c1ccccc1)C2.Cc1ccc(N2CCOc3nn(-c4ccccc4)c(C)c3C2)cc1. The molecule has 366 valence electrons. The Labute approximate surface area is 422 Å². The Morgan fingerprint density at radius 3 is 0.972 bits per heavy atom. The van der Waals surface area contributed by atoms with Crippen molar-refractivity contribution in [3.8, 4) is 40.5 Å². The number of hydrogen-bond acceptors (Lipinski definition) is 10. The van der Waals surface area contributed by atoms with Crippen LogP contribution in [0.25, 0.3) is 17.1 Å². The van der Waals surface area contributed by atoms with E-state index in [1.165, 1.54) is 16.9 Å². The number of nitrogens with zero attached hydrogens (tertiary/aromatic N) is 9. The molecular formula is C59H61N9O4. The molecule has 3 aromatic heterocycles. The van der Waals surface area contributed by atoms with Crippen LogP contribution < -0.4 is 33.6 Å². The summed E-state index contributed by atoms with van der Waals surface area (Å²) in [5.41, 5.74) is 14.9. The van der Waals surface area contributed by atoms with Gasteiger partial charge in [-0.15, -0.1) is 15.3 Å². The van der Waals surface area contributed by atoms with E-state index in [-0.39, 0.29) is 0 Å². The zero-order valence-corrected chi connectivity index (χ0v) is 41.7. The van der Waals surface area contributed by atoms with E-state index < -0.39 is 0 Å². The molecule has 0 bridgehead atoms. The van der Waals surface area contributed by atoms with Gasteiger partial charge in [0.25, 0.3) is 0 Å². The molecule has 0 amide bonds. The summed E-state index contributed by atoms with van der Waals surface area (Å²) in [6.07, 6.45) is 0. The number of rotatable bonds is 7. The van der Waals surface area contributed by atoms with Crippen LogP contribution in [-0.2, 0) is 19.6 Å². The fraction of sp³-hybridized carbons (Fsp3) is 0.237. The second kappa shape index (κ2) is 21.7. The Bertz CT molecular complexity index is 3170. The summed E-state index contributed by atoms with van der Waals surface area (Å²) in [5, 5.41) is 14.1. The maximum Gasteiger partial charge on any atom is 0.238 e. The lowest BCUT2D eigenvalue weighted by atomic mass is 10.2. The predicted molar refractivity (Wildman–Crippen MR) is 285 cm³/mol. The summed E-state index contributed by atoms with van der Waals surface area (Å²) in [7, 11) is 1.68. The molecule has 0 aliphatic carbocycles. The average Bonchev–Trinajstić information content (AvgIpc) is 3.76. The highest BCUT2D eigenvalue weighted by Crippen LogP contribution is 2.33. The van der Waals surface area contributed by atoms with Crippen molar-refractivity contribution in [3.63, 3.8) is 0 Å². The Kier molecular flexibility index (Phi) is 14.2. The Morgan fingerprint density at radius 1 is 0.361 bits per heavy atom. The standard InChI is InChI=1S/C20H21N3O2.C20H21N3O.C19H19N3O/c1-15-19-14-22(16-8-10-18(24-2)11-9-16)12-13-25-20(19)21-23(15)17-6-4-3-5-7-17;1-15-8-10-17(11-9-15)22-12-13-24-20-19(14-22)16(2)23(21-20)18-6-4-3-5-7-18;1-15-18-14-21(16-8-4-2-5-9-16)12-13-23-19(18)20-22(15)17-10-6-3-7-11-17/h3-11H,12-14H2,1-2H3;3-11H,12-14H2,1-2H3;2-11H,12-14H2,1H3. The van der Waals surface area contributed by atoms with Crippen LogP contribution in [0.1, 0.15) is 39.3 Å². The molecule has 3 aliphatic heterocycles. The first kappa shape index (κ1) is 47.2. The molecule has 12 rings (SSSR count). The summed E-state index contributed by atoms with van der Waals surface area (Å²) in [5.74, 6) is 3.11. The lowest BCUT2D eigenvalue weighted by Crippen LogP contribution is -2.25. The van der Waals surface area contributed by atoms with Crippen LogP contribution in [0.4, 0.5) is 17.1 Å². The third kappa shape index (κ3) is 10.4. The lowest BCUT2D eigenvalue weighted by molar-refractivity contribution is 0.316. The predicted octanol–water partition coefficient (Wildman–Crippen LogP) is 11.1. The number of ether oxygens (including phenoxy) is 4. The van der Waals surface area contributed by atoms with Crippen LogP contribution in [0.2, 0.25) is 0 Å². The van der Waals surface area contributed by atoms with Gasteiger partial charge in [0.1, 0.15) is 25.6 Å². The smallest absolute Gasteiger partial charge is 0.238 e. The van der Waals surface area contributed by atoms with E-state index in [9.17, 15) is 0 Å². The van der Waals surface area contributed by atoms with Crippen LogP contribution in [0.3, 0.4) is 0 Å². The van der Waals surface area contributed by atoms with Gasteiger partial charge in [0.2, 0.25) is 17.6 Å². The van der Waals surface area contributed by atoms with Crippen molar-refractivity contribution in [2.24, 2.45) is 0 Å². The Balaban J connectivity index is 0.000000124. The molecule has 0 fully saturated rings. The van der Waals surface area contributed by atoms with E-state index in [0.717, 1.165) is 119 Å². The number of fused-ring (bicyclic) bond motifs is 3. The molecule has 72 heavy (non-hydrogen) atoms. The minimum absolute atomic E-state index is 0.615. The minimum Gasteiger partial charge on any atom is -0.497 e. The second-order valence-electron chi connectivity index (χ2n) is 18.0. The molecule has 0 unspecified atom stereocenters. The molecule has 0 spiro atoms. The van der Waals surface area contributed by atoms with Crippen molar-refractivity contribution in [2.45, 2.75) is 47.3 Å². The Hall–Kier alpha value is -8.45. The van der Waals surface area contributed by atoms with E-state index in [4.69, 9.17) is 24.0 Å².